The third-order valence-corrected chi connectivity index (χ3v) is 4.14. The van der Waals surface area contributed by atoms with Crippen molar-refractivity contribution in [3.05, 3.63) is 64.4 Å². The summed E-state index contributed by atoms with van der Waals surface area (Å²) in [4.78, 5) is 18.8. The first-order valence-corrected chi connectivity index (χ1v) is 7.77. The molecule has 21 heavy (non-hydrogen) atoms. The van der Waals surface area contributed by atoms with Gasteiger partial charge < -0.3 is 0 Å². The average molecular weight is 347 g/mol. The fourth-order valence-corrected chi connectivity index (χ4v) is 2.35. The summed E-state index contributed by atoms with van der Waals surface area (Å²) in [5.74, 6) is 0.144. The molecule has 110 valence electrons. The van der Waals surface area contributed by atoms with Gasteiger partial charge in [0.15, 0.2) is 5.78 Å². The minimum atomic E-state index is -0.144. The molecule has 0 fully saturated rings. The number of rotatable bonds is 6. The second kappa shape index (κ2) is 7.48. The molecule has 0 aliphatic carbocycles. The number of carbonyl (C=O) groups excluding carboxylic acids is 1. The molecule has 0 bridgehead atoms. The van der Waals surface area contributed by atoms with Crippen LogP contribution in [0.1, 0.15) is 23.0 Å². The summed E-state index contributed by atoms with van der Waals surface area (Å²) in [6, 6.07) is 13.3. The van der Waals surface area contributed by atoms with Crippen LogP contribution in [0.15, 0.2) is 53.1 Å². The minimum absolute atomic E-state index is 0.144. The maximum absolute atomic E-state index is 12.4. The summed E-state index contributed by atoms with van der Waals surface area (Å²) in [6.45, 7) is 2.75. The van der Waals surface area contributed by atoms with E-state index in [1.807, 2.05) is 56.4 Å². The molecule has 0 saturated heterocycles. The van der Waals surface area contributed by atoms with E-state index in [9.17, 15) is 4.79 Å². The molecular formula is C17H19BrN2O. The Morgan fingerprint density at radius 2 is 1.95 bits per heavy atom. The molecule has 1 aromatic carbocycles. The van der Waals surface area contributed by atoms with Gasteiger partial charge in [-0.3, -0.25) is 14.7 Å². The molecule has 0 radical (unpaired) electrons. The highest BCUT2D eigenvalue weighted by molar-refractivity contribution is 9.10. The van der Waals surface area contributed by atoms with Crippen molar-refractivity contribution in [3.63, 3.8) is 0 Å². The average Bonchev–Trinajstić information content (AvgIpc) is 2.53. The van der Waals surface area contributed by atoms with Gasteiger partial charge in [-0.15, -0.1) is 0 Å². The zero-order valence-corrected chi connectivity index (χ0v) is 13.9. The number of pyridine rings is 1. The van der Waals surface area contributed by atoms with Crippen LogP contribution in [0.2, 0.25) is 0 Å². The Hall–Kier alpha value is -1.52. The van der Waals surface area contributed by atoms with Crippen LogP contribution in [0.5, 0.6) is 0 Å². The molecule has 0 amide bonds. The maximum atomic E-state index is 12.4. The Kier molecular flexibility index (Phi) is 5.65. The molecule has 1 heterocycles. The van der Waals surface area contributed by atoms with Crippen LogP contribution in [0, 0.1) is 0 Å². The van der Waals surface area contributed by atoms with E-state index in [0.29, 0.717) is 0 Å². The topological polar surface area (TPSA) is 33.2 Å². The number of hydrogen-bond acceptors (Lipinski definition) is 3. The van der Waals surface area contributed by atoms with Gasteiger partial charge in [0.05, 0.1) is 6.04 Å². The largest absolute Gasteiger partial charge is 0.296 e. The number of likely N-dealkylation sites (N-methyl/N-ethyl adjacent to an activating group) is 1. The van der Waals surface area contributed by atoms with E-state index in [0.717, 1.165) is 28.7 Å². The first-order valence-electron chi connectivity index (χ1n) is 6.98. The van der Waals surface area contributed by atoms with Crippen LogP contribution >= 0.6 is 15.9 Å². The Balaban J connectivity index is 1.93. The van der Waals surface area contributed by atoms with Crippen molar-refractivity contribution in [2.75, 3.05) is 13.6 Å². The van der Waals surface area contributed by atoms with Crippen molar-refractivity contribution >= 4 is 21.7 Å². The lowest BCUT2D eigenvalue weighted by Crippen LogP contribution is -2.37. The van der Waals surface area contributed by atoms with Gasteiger partial charge in [0, 0.05) is 34.9 Å². The number of carbonyl (C=O) groups is 1. The predicted molar refractivity (Wildman–Crippen MR) is 88.5 cm³/mol. The molecule has 1 aromatic heterocycles. The van der Waals surface area contributed by atoms with Crippen molar-refractivity contribution in [1.82, 2.24) is 9.88 Å². The number of halogens is 1. The first-order chi connectivity index (χ1) is 10.1. The molecule has 0 spiro atoms. The fourth-order valence-electron chi connectivity index (χ4n) is 2.09. The van der Waals surface area contributed by atoms with Crippen molar-refractivity contribution in [1.29, 1.82) is 0 Å². The van der Waals surface area contributed by atoms with Gasteiger partial charge >= 0.3 is 0 Å². The number of nitrogens with zero attached hydrogens (tertiary/aromatic N) is 2. The smallest absolute Gasteiger partial charge is 0.179 e. The number of aromatic nitrogens is 1. The number of Topliss-reactive ketones (excluding diaryl/α,β-unsaturated/α-hetero) is 1. The summed E-state index contributed by atoms with van der Waals surface area (Å²) in [5, 5.41) is 0. The normalized spacial score (nSPS) is 12.4. The summed E-state index contributed by atoms with van der Waals surface area (Å²) < 4.78 is 0.982. The molecule has 0 saturated carbocycles. The van der Waals surface area contributed by atoms with Gasteiger partial charge in [-0.05, 0) is 38.2 Å². The molecule has 0 N–H and O–H groups in total. The van der Waals surface area contributed by atoms with Crippen LogP contribution in [0.25, 0.3) is 0 Å². The molecule has 2 rings (SSSR count). The van der Waals surface area contributed by atoms with Gasteiger partial charge in [-0.2, -0.15) is 0 Å². The van der Waals surface area contributed by atoms with E-state index in [4.69, 9.17) is 0 Å². The summed E-state index contributed by atoms with van der Waals surface area (Å²) in [5.41, 5.74) is 1.79. The molecule has 0 aliphatic rings. The summed E-state index contributed by atoms with van der Waals surface area (Å²) in [7, 11) is 1.98. The quantitative estimate of drug-likeness (QED) is 0.749. The van der Waals surface area contributed by atoms with E-state index in [-0.39, 0.29) is 11.8 Å². The monoisotopic (exact) mass is 346 g/mol. The highest BCUT2D eigenvalue weighted by atomic mass is 79.9. The van der Waals surface area contributed by atoms with Crippen LogP contribution in [0.3, 0.4) is 0 Å². The van der Waals surface area contributed by atoms with Crippen molar-refractivity contribution in [3.8, 4) is 0 Å². The number of ketones is 1. The van der Waals surface area contributed by atoms with Crippen molar-refractivity contribution in [2.45, 2.75) is 19.4 Å². The predicted octanol–water partition coefficient (Wildman–Crippen LogP) is 3.59. The molecule has 2 aromatic rings. The van der Waals surface area contributed by atoms with Gasteiger partial charge in [0.25, 0.3) is 0 Å². The number of hydrogen-bond donors (Lipinski definition) is 0. The SMILES string of the molecule is CC(C(=O)c1ccc(Br)cc1)N(C)CCc1ccccn1. The van der Waals surface area contributed by atoms with Crippen molar-refractivity contribution < 1.29 is 4.79 Å². The maximum Gasteiger partial charge on any atom is 0.179 e. The molecule has 3 nitrogen and oxygen atoms in total. The third-order valence-electron chi connectivity index (χ3n) is 3.62. The highest BCUT2D eigenvalue weighted by Crippen LogP contribution is 2.13. The van der Waals surface area contributed by atoms with Crippen molar-refractivity contribution in [2.24, 2.45) is 0 Å². The second-order valence-corrected chi connectivity index (χ2v) is 6.01. The lowest BCUT2D eigenvalue weighted by Gasteiger charge is -2.23. The molecule has 1 unspecified atom stereocenters. The van der Waals surface area contributed by atoms with E-state index in [1.165, 1.54) is 0 Å². The molecule has 0 aliphatic heterocycles. The first kappa shape index (κ1) is 15.9. The van der Waals surface area contributed by atoms with Crippen LogP contribution in [-0.4, -0.2) is 35.3 Å². The summed E-state index contributed by atoms with van der Waals surface area (Å²) in [6.07, 6.45) is 2.64. The lowest BCUT2D eigenvalue weighted by atomic mass is 10.0. The van der Waals surface area contributed by atoms with E-state index >= 15 is 0 Å². The lowest BCUT2D eigenvalue weighted by molar-refractivity contribution is 0.0869. The van der Waals surface area contributed by atoms with Crippen LogP contribution in [-0.2, 0) is 6.42 Å². The van der Waals surface area contributed by atoms with Gasteiger partial charge in [-0.25, -0.2) is 0 Å². The van der Waals surface area contributed by atoms with Gasteiger partial charge in [0.1, 0.15) is 0 Å². The van der Waals surface area contributed by atoms with E-state index in [2.05, 4.69) is 25.8 Å². The Labute approximate surface area is 134 Å². The zero-order valence-electron chi connectivity index (χ0n) is 12.3. The van der Waals surface area contributed by atoms with Crippen LogP contribution < -0.4 is 0 Å². The molecule has 1 atom stereocenters. The standard InChI is InChI=1S/C17H19BrN2O/c1-13(17(21)14-6-8-15(18)9-7-14)20(2)12-10-16-5-3-4-11-19-16/h3-9,11,13H,10,12H2,1-2H3. The van der Waals surface area contributed by atoms with E-state index < -0.39 is 0 Å². The molecule has 4 heteroatoms. The fraction of sp³-hybridized carbons (Fsp3) is 0.294. The highest BCUT2D eigenvalue weighted by Gasteiger charge is 2.19. The van der Waals surface area contributed by atoms with Gasteiger partial charge in [-0.1, -0.05) is 34.1 Å². The van der Waals surface area contributed by atoms with Gasteiger partial charge in [0.2, 0.25) is 0 Å². The Morgan fingerprint density at radius 3 is 2.57 bits per heavy atom. The second-order valence-electron chi connectivity index (χ2n) is 5.10. The third kappa shape index (κ3) is 4.48. The van der Waals surface area contributed by atoms with E-state index in [1.54, 1.807) is 6.20 Å². The Bertz CT molecular complexity index is 583. The summed E-state index contributed by atoms with van der Waals surface area (Å²) >= 11 is 3.38. The zero-order chi connectivity index (χ0) is 15.2. The van der Waals surface area contributed by atoms with Crippen LogP contribution in [0.4, 0.5) is 0 Å². The molecular weight excluding hydrogens is 328 g/mol. The Morgan fingerprint density at radius 1 is 1.24 bits per heavy atom. The number of benzene rings is 1. The minimum Gasteiger partial charge on any atom is -0.296 e.